The van der Waals surface area contributed by atoms with Crippen LogP contribution >= 0.6 is 15.9 Å². The lowest BCUT2D eigenvalue weighted by molar-refractivity contribution is 0.0447. The molecule has 0 bridgehead atoms. The van der Waals surface area contributed by atoms with E-state index in [4.69, 9.17) is 0 Å². The number of β-amino-alcohol motifs (C(OH)–C–C–N with tert-alkyl or cyclic N) is 1. The Hall–Kier alpha value is -1.41. The average molecular weight is 376 g/mol. The molecule has 8 heteroatoms. The highest BCUT2D eigenvalue weighted by Crippen LogP contribution is 2.34. The zero-order chi connectivity index (χ0) is 16.1. The largest absolute Gasteiger partial charge is 0.388 e. The fraction of sp³-hybridized carbons (Fsp3) is 0.429. The molecule has 2 heterocycles. The minimum absolute atomic E-state index is 0.0808. The molecule has 118 valence electrons. The van der Waals surface area contributed by atoms with E-state index >= 15 is 0 Å². The Bertz CT molecular complexity index is 754. The molecule has 1 aromatic carbocycles. The number of nitrogens with zero attached hydrogens (tertiary/aromatic N) is 3. The van der Waals surface area contributed by atoms with Gasteiger partial charge in [0, 0.05) is 18.5 Å². The van der Waals surface area contributed by atoms with Gasteiger partial charge in [0.15, 0.2) is 5.82 Å². The number of hydrogen-bond donors (Lipinski definition) is 1. The number of anilines is 1. The predicted octanol–water partition coefficient (Wildman–Crippen LogP) is 3.16. The molecule has 0 amide bonds. The number of aromatic nitrogens is 2. The first kappa shape index (κ1) is 15.5. The Morgan fingerprint density at radius 1 is 1.32 bits per heavy atom. The minimum atomic E-state index is -1.09. The van der Waals surface area contributed by atoms with Crippen LogP contribution in [-0.4, -0.2) is 33.8 Å². The molecule has 1 saturated heterocycles. The van der Waals surface area contributed by atoms with E-state index in [1.165, 1.54) is 0 Å². The first-order valence-electron chi connectivity index (χ1n) is 6.76. The fourth-order valence-electron chi connectivity index (χ4n) is 2.77. The number of fused-ring (bicyclic) bond motifs is 1. The smallest absolute Gasteiger partial charge is 0.311 e. The van der Waals surface area contributed by atoms with Gasteiger partial charge in [-0.15, -0.1) is 0 Å². The predicted molar refractivity (Wildman–Crippen MR) is 79.2 cm³/mol. The van der Waals surface area contributed by atoms with Gasteiger partial charge in [-0.25, -0.2) is 8.78 Å². The molecule has 4 nitrogen and oxygen atoms in total. The lowest BCUT2D eigenvalue weighted by Crippen LogP contribution is -2.46. The highest BCUT2D eigenvalue weighted by Gasteiger charge is 2.31. The summed E-state index contributed by atoms with van der Waals surface area (Å²) in [5, 5.41) is 10.2. The molecule has 0 spiro atoms. The van der Waals surface area contributed by atoms with Gasteiger partial charge in [0.25, 0.3) is 0 Å². The molecule has 0 aliphatic carbocycles. The van der Waals surface area contributed by atoms with E-state index in [1.54, 1.807) is 11.8 Å². The summed E-state index contributed by atoms with van der Waals surface area (Å²) in [6.07, 6.45) is 0.176. The Balaban J connectivity index is 2.21. The molecule has 1 fully saturated rings. The highest BCUT2D eigenvalue weighted by atomic mass is 79.9. The van der Waals surface area contributed by atoms with Gasteiger partial charge in [-0.2, -0.15) is 14.4 Å². The van der Waals surface area contributed by atoms with Crippen LogP contribution in [0.5, 0.6) is 0 Å². The zero-order valence-corrected chi connectivity index (χ0v) is 13.3. The van der Waals surface area contributed by atoms with Crippen LogP contribution in [0.3, 0.4) is 0 Å². The summed E-state index contributed by atoms with van der Waals surface area (Å²) in [6, 6.07) is 1.07. The Morgan fingerprint density at radius 3 is 2.73 bits per heavy atom. The number of aliphatic hydroxyl groups is 1. The van der Waals surface area contributed by atoms with Crippen LogP contribution in [0.1, 0.15) is 19.8 Å². The van der Waals surface area contributed by atoms with E-state index in [0.29, 0.717) is 19.4 Å². The number of halogens is 4. The van der Waals surface area contributed by atoms with Crippen LogP contribution in [-0.2, 0) is 0 Å². The summed E-state index contributed by atoms with van der Waals surface area (Å²) in [5.41, 5.74) is -1.25. The van der Waals surface area contributed by atoms with Gasteiger partial charge in [0.2, 0.25) is 0 Å². The van der Waals surface area contributed by atoms with E-state index in [-0.39, 0.29) is 23.3 Å². The van der Waals surface area contributed by atoms with Crippen LogP contribution < -0.4 is 4.90 Å². The second-order valence-corrected chi connectivity index (χ2v) is 6.51. The lowest BCUT2D eigenvalue weighted by atomic mass is 9.95. The maximum atomic E-state index is 14.1. The van der Waals surface area contributed by atoms with Crippen molar-refractivity contribution in [2.45, 2.75) is 25.4 Å². The van der Waals surface area contributed by atoms with Gasteiger partial charge in [0.05, 0.1) is 10.1 Å². The van der Waals surface area contributed by atoms with Gasteiger partial charge in [-0.3, -0.25) is 0 Å². The summed E-state index contributed by atoms with van der Waals surface area (Å²) >= 11 is 2.78. The summed E-state index contributed by atoms with van der Waals surface area (Å²) < 4.78 is 41.2. The highest BCUT2D eigenvalue weighted by molar-refractivity contribution is 9.10. The molecule has 0 unspecified atom stereocenters. The number of hydrogen-bond acceptors (Lipinski definition) is 4. The average Bonchev–Trinajstić information content (AvgIpc) is 2.44. The molecule has 0 radical (unpaired) electrons. The Kier molecular flexibility index (Phi) is 3.76. The molecule has 1 aromatic heterocycles. The normalized spacial score (nSPS) is 22.4. The standard InChI is InChI=1S/C14H13BrF3N3O/c1-14(22)3-2-4-21(6-14)12-7-5-8(16)9(15)10(17)11(7)19-13(18)20-12/h5,22H,2-4,6H2,1H3/t14-/m1/s1. The third-order valence-corrected chi connectivity index (χ3v) is 4.48. The minimum Gasteiger partial charge on any atom is -0.388 e. The first-order valence-corrected chi connectivity index (χ1v) is 7.56. The summed E-state index contributed by atoms with van der Waals surface area (Å²) in [5.74, 6) is -1.70. The molecule has 1 aliphatic rings. The SMILES string of the molecule is C[C@@]1(O)CCCN(c2nc(F)nc3c(F)c(Br)c(F)cc23)C1. The molecule has 1 atom stereocenters. The van der Waals surface area contributed by atoms with Gasteiger partial charge in [0.1, 0.15) is 17.2 Å². The van der Waals surface area contributed by atoms with Crippen molar-refractivity contribution in [3.05, 3.63) is 28.3 Å². The second kappa shape index (κ2) is 5.34. The molecule has 1 aliphatic heterocycles. The summed E-state index contributed by atoms with van der Waals surface area (Å²) in [4.78, 5) is 8.75. The molecule has 22 heavy (non-hydrogen) atoms. The number of benzene rings is 1. The van der Waals surface area contributed by atoms with Crippen LogP contribution in [0.15, 0.2) is 10.5 Å². The summed E-state index contributed by atoms with van der Waals surface area (Å²) in [7, 11) is 0. The molecular weight excluding hydrogens is 363 g/mol. The van der Waals surface area contributed by atoms with Gasteiger partial charge in [-0.1, -0.05) is 0 Å². The van der Waals surface area contributed by atoms with Crippen molar-refractivity contribution in [3.8, 4) is 0 Å². The Morgan fingerprint density at radius 2 is 2.05 bits per heavy atom. The van der Waals surface area contributed by atoms with Gasteiger partial charge < -0.3 is 10.0 Å². The monoisotopic (exact) mass is 375 g/mol. The zero-order valence-electron chi connectivity index (χ0n) is 11.7. The third kappa shape index (κ3) is 2.65. The van der Waals surface area contributed by atoms with Crippen LogP contribution in [0.2, 0.25) is 0 Å². The second-order valence-electron chi connectivity index (χ2n) is 5.72. The van der Waals surface area contributed by atoms with Crippen molar-refractivity contribution in [1.82, 2.24) is 9.97 Å². The topological polar surface area (TPSA) is 49.2 Å². The van der Waals surface area contributed by atoms with Crippen LogP contribution in [0.4, 0.5) is 19.0 Å². The van der Waals surface area contributed by atoms with E-state index in [9.17, 15) is 18.3 Å². The quantitative estimate of drug-likeness (QED) is 0.614. The van der Waals surface area contributed by atoms with Crippen molar-refractivity contribution >= 4 is 32.7 Å². The van der Waals surface area contributed by atoms with E-state index < -0.39 is 27.8 Å². The molecule has 3 rings (SSSR count). The first-order chi connectivity index (χ1) is 10.3. The van der Waals surface area contributed by atoms with E-state index in [0.717, 1.165) is 6.07 Å². The van der Waals surface area contributed by atoms with Crippen molar-refractivity contribution in [2.75, 3.05) is 18.0 Å². The Labute approximate surface area is 133 Å². The molecule has 1 N–H and O–H groups in total. The maximum Gasteiger partial charge on any atom is 0.311 e. The van der Waals surface area contributed by atoms with Crippen molar-refractivity contribution < 1.29 is 18.3 Å². The fourth-order valence-corrected chi connectivity index (χ4v) is 3.07. The van der Waals surface area contributed by atoms with Crippen LogP contribution in [0.25, 0.3) is 10.9 Å². The molecule has 2 aromatic rings. The van der Waals surface area contributed by atoms with Crippen LogP contribution in [0, 0.1) is 17.7 Å². The van der Waals surface area contributed by atoms with E-state index in [1.807, 2.05) is 0 Å². The van der Waals surface area contributed by atoms with Crippen molar-refractivity contribution in [1.29, 1.82) is 0 Å². The third-order valence-electron chi connectivity index (χ3n) is 3.75. The van der Waals surface area contributed by atoms with Gasteiger partial charge >= 0.3 is 6.08 Å². The molecular formula is C14H13BrF3N3O. The lowest BCUT2D eigenvalue weighted by Gasteiger charge is -2.37. The number of piperidine rings is 1. The maximum absolute atomic E-state index is 14.1. The van der Waals surface area contributed by atoms with Gasteiger partial charge in [-0.05, 0) is 41.8 Å². The number of rotatable bonds is 1. The van der Waals surface area contributed by atoms with Crippen molar-refractivity contribution in [3.63, 3.8) is 0 Å². The van der Waals surface area contributed by atoms with E-state index in [2.05, 4.69) is 25.9 Å². The summed E-state index contributed by atoms with van der Waals surface area (Å²) in [6.45, 7) is 2.38. The van der Waals surface area contributed by atoms with Crippen molar-refractivity contribution in [2.24, 2.45) is 0 Å². The molecule has 0 saturated carbocycles.